The highest BCUT2D eigenvalue weighted by Gasteiger charge is 2.33. The van der Waals surface area contributed by atoms with E-state index >= 15 is 0 Å². The highest BCUT2D eigenvalue weighted by Crippen LogP contribution is 2.42. The lowest BCUT2D eigenvalue weighted by atomic mass is 9.68. The zero-order chi connectivity index (χ0) is 8.55. The molecule has 2 saturated carbocycles. The van der Waals surface area contributed by atoms with Crippen molar-refractivity contribution < 1.29 is 4.79 Å². The molecule has 0 aliphatic heterocycles. The van der Waals surface area contributed by atoms with Crippen molar-refractivity contribution in [2.75, 3.05) is 0 Å². The summed E-state index contributed by atoms with van der Waals surface area (Å²) in [6.07, 6.45) is 7.56. The Labute approximate surface area is 73.5 Å². The minimum atomic E-state index is -0.0633. The molecule has 1 amide bonds. The zero-order valence-electron chi connectivity index (χ0n) is 7.46. The molecule has 2 fully saturated rings. The van der Waals surface area contributed by atoms with Crippen LogP contribution in [0.4, 0.5) is 0 Å². The first-order valence-corrected chi connectivity index (χ1v) is 5.05. The fourth-order valence-electron chi connectivity index (χ4n) is 2.96. The van der Waals surface area contributed by atoms with Crippen LogP contribution < -0.4 is 5.73 Å². The van der Waals surface area contributed by atoms with Crippen molar-refractivity contribution in [2.24, 2.45) is 23.5 Å². The SMILES string of the molecule is NC(=O)C1CC2CCCC(C2)C1. The quantitative estimate of drug-likeness (QED) is 0.634. The summed E-state index contributed by atoms with van der Waals surface area (Å²) in [7, 11) is 0. The molecule has 0 aromatic carbocycles. The molecule has 2 nitrogen and oxygen atoms in total. The molecule has 2 rings (SSSR count). The van der Waals surface area contributed by atoms with Crippen LogP contribution >= 0.6 is 0 Å². The van der Waals surface area contributed by atoms with Gasteiger partial charge >= 0.3 is 0 Å². The standard InChI is InChI=1S/C10H17NO/c11-10(12)9-5-7-2-1-3-8(4-7)6-9/h7-9H,1-6H2,(H2,11,12). The van der Waals surface area contributed by atoms with Crippen molar-refractivity contribution in [3.8, 4) is 0 Å². The molecule has 2 unspecified atom stereocenters. The van der Waals surface area contributed by atoms with Gasteiger partial charge in [0, 0.05) is 5.92 Å². The molecule has 0 heterocycles. The van der Waals surface area contributed by atoms with Crippen LogP contribution in [0.5, 0.6) is 0 Å². The first kappa shape index (κ1) is 8.09. The molecular weight excluding hydrogens is 150 g/mol. The molecule has 2 bridgehead atoms. The predicted molar refractivity (Wildman–Crippen MR) is 47.4 cm³/mol. The Morgan fingerprint density at radius 2 is 1.67 bits per heavy atom. The Morgan fingerprint density at radius 1 is 1.08 bits per heavy atom. The van der Waals surface area contributed by atoms with Crippen LogP contribution in [-0.4, -0.2) is 5.91 Å². The molecule has 2 aliphatic carbocycles. The van der Waals surface area contributed by atoms with Gasteiger partial charge in [0.2, 0.25) is 5.91 Å². The van der Waals surface area contributed by atoms with E-state index in [4.69, 9.17) is 5.73 Å². The molecule has 0 saturated heterocycles. The number of hydrogen-bond acceptors (Lipinski definition) is 1. The summed E-state index contributed by atoms with van der Waals surface area (Å²) in [4.78, 5) is 11.0. The van der Waals surface area contributed by atoms with Gasteiger partial charge in [-0.2, -0.15) is 0 Å². The molecule has 0 aromatic heterocycles. The van der Waals surface area contributed by atoms with Gasteiger partial charge in [-0.25, -0.2) is 0 Å². The average Bonchev–Trinajstić information content (AvgIpc) is 2.03. The number of carbonyl (C=O) groups is 1. The maximum atomic E-state index is 11.0. The van der Waals surface area contributed by atoms with Crippen molar-refractivity contribution in [3.05, 3.63) is 0 Å². The van der Waals surface area contributed by atoms with E-state index in [-0.39, 0.29) is 11.8 Å². The van der Waals surface area contributed by atoms with E-state index in [0.717, 1.165) is 24.7 Å². The predicted octanol–water partition coefficient (Wildman–Crippen LogP) is 1.69. The third-order valence-electron chi connectivity index (χ3n) is 3.53. The van der Waals surface area contributed by atoms with Crippen LogP contribution in [0, 0.1) is 17.8 Å². The van der Waals surface area contributed by atoms with Crippen LogP contribution in [0.2, 0.25) is 0 Å². The number of hydrogen-bond donors (Lipinski definition) is 1. The Hall–Kier alpha value is -0.530. The van der Waals surface area contributed by atoms with E-state index in [1.54, 1.807) is 0 Å². The second-order valence-electron chi connectivity index (χ2n) is 4.47. The maximum Gasteiger partial charge on any atom is 0.220 e. The Balaban J connectivity index is 2.00. The lowest BCUT2D eigenvalue weighted by Crippen LogP contribution is -2.34. The largest absolute Gasteiger partial charge is 0.369 e. The Kier molecular flexibility index (Phi) is 2.07. The summed E-state index contributed by atoms with van der Waals surface area (Å²) in [5, 5.41) is 0. The van der Waals surface area contributed by atoms with Gasteiger partial charge < -0.3 is 5.73 Å². The minimum absolute atomic E-state index is 0.0633. The van der Waals surface area contributed by atoms with Crippen molar-refractivity contribution in [1.29, 1.82) is 0 Å². The number of amides is 1. The van der Waals surface area contributed by atoms with Crippen LogP contribution in [0.1, 0.15) is 38.5 Å². The van der Waals surface area contributed by atoms with Crippen molar-refractivity contribution >= 4 is 5.91 Å². The molecule has 12 heavy (non-hydrogen) atoms. The minimum Gasteiger partial charge on any atom is -0.369 e. The van der Waals surface area contributed by atoms with Crippen LogP contribution in [0.25, 0.3) is 0 Å². The van der Waals surface area contributed by atoms with E-state index in [9.17, 15) is 4.79 Å². The van der Waals surface area contributed by atoms with Crippen LogP contribution in [-0.2, 0) is 4.79 Å². The summed E-state index contributed by atoms with van der Waals surface area (Å²) in [6.45, 7) is 0. The summed E-state index contributed by atoms with van der Waals surface area (Å²) >= 11 is 0. The van der Waals surface area contributed by atoms with E-state index in [2.05, 4.69) is 0 Å². The second kappa shape index (κ2) is 3.08. The smallest absolute Gasteiger partial charge is 0.220 e. The zero-order valence-corrected chi connectivity index (χ0v) is 7.46. The molecule has 0 radical (unpaired) electrons. The van der Waals surface area contributed by atoms with E-state index < -0.39 is 0 Å². The van der Waals surface area contributed by atoms with Gasteiger partial charge in [0.15, 0.2) is 0 Å². The van der Waals surface area contributed by atoms with Crippen LogP contribution in [0.3, 0.4) is 0 Å². The average molecular weight is 167 g/mol. The van der Waals surface area contributed by atoms with E-state index in [1.807, 2.05) is 0 Å². The number of fused-ring (bicyclic) bond motifs is 2. The molecule has 2 heteroatoms. The number of primary amides is 1. The van der Waals surface area contributed by atoms with Gasteiger partial charge in [0.05, 0.1) is 0 Å². The lowest BCUT2D eigenvalue weighted by Gasteiger charge is -2.37. The van der Waals surface area contributed by atoms with E-state index in [0.29, 0.717) is 0 Å². The highest BCUT2D eigenvalue weighted by atomic mass is 16.1. The Bertz CT molecular complexity index is 178. The summed E-state index contributed by atoms with van der Waals surface area (Å²) in [5.74, 6) is 1.77. The molecule has 2 N–H and O–H groups in total. The molecular formula is C10H17NO. The van der Waals surface area contributed by atoms with Crippen molar-refractivity contribution in [2.45, 2.75) is 38.5 Å². The molecule has 0 aromatic rings. The first-order valence-electron chi connectivity index (χ1n) is 5.05. The van der Waals surface area contributed by atoms with Gasteiger partial charge in [0.1, 0.15) is 0 Å². The van der Waals surface area contributed by atoms with Gasteiger partial charge in [-0.15, -0.1) is 0 Å². The molecule has 0 spiro atoms. The van der Waals surface area contributed by atoms with Crippen molar-refractivity contribution in [1.82, 2.24) is 0 Å². The van der Waals surface area contributed by atoms with Gasteiger partial charge in [-0.1, -0.05) is 19.3 Å². The summed E-state index contributed by atoms with van der Waals surface area (Å²) in [5.41, 5.74) is 5.33. The third kappa shape index (κ3) is 1.47. The third-order valence-corrected chi connectivity index (χ3v) is 3.53. The number of rotatable bonds is 1. The van der Waals surface area contributed by atoms with Crippen molar-refractivity contribution in [3.63, 3.8) is 0 Å². The monoisotopic (exact) mass is 167 g/mol. The fourth-order valence-corrected chi connectivity index (χ4v) is 2.96. The van der Waals surface area contributed by atoms with Gasteiger partial charge in [-0.05, 0) is 31.1 Å². The first-order chi connectivity index (χ1) is 5.75. The van der Waals surface area contributed by atoms with Gasteiger partial charge in [-0.3, -0.25) is 4.79 Å². The summed E-state index contributed by atoms with van der Waals surface area (Å²) in [6, 6.07) is 0. The maximum absolute atomic E-state index is 11.0. The fraction of sp³-hybridized carbons (Fsp3) is 0.900. The highest BCUT2D eigenvalue weighted by molar-refractivity contribution is 5.76. The molecule has 68 valence electrons. The van der Waals surface area contributed by atoms with Crippen LogP contribution in [0.15, 0.2) is 0 Å². The number of nitrogens with two attached hydrogens (primary N) is 1. The second-order valence-corrected chi connectivity index (χ2v) is 4.47. The van der Waals surface area contributed by atoms with Gasteiger partial charge in [0.25, 0.3) is 0 Å². The number of carbonyl (C=O) groups excluding carboxylic acids is 1. The summed E-state index contributed by atoms with van der Waals surface area (Å²) < 4.78 is 0. The topological polar surface area (TPSA) is 43.1 Å². The molecule has 2 atom stereocenters. The lowest BCUT2D eigenvalue weighted by molar-refractivity contribution is -0.124. The Morgan fingerprint density at radius 3 is 2.17 bits per heavy atom. The van der Waals surface area contributed by atoms with E-state index in [1.165, 1.54) is 25.7 Å². The normalized spacial score (nSPS) is 40.8. The molecule has 2 aliphatic rings.